The summed E-state index contributed by atoms with van der Waals surface area (Å²) in [6, 6.07) is 6.82. The first-order valence-corrected chi connectivity index (χ1v) is 8.30. The Balaban J connectivity index is 1.54. The number of carbonyl (C=O) groups excluding carboxylic acids is 2. The summed E-state index contributed by atoms with van der Waals surface area (Å²) in [4.78, 5) is 27.4. The van der Waals surface area contributed by atoms with Crippen LogP contribution in [-0.4, -0.2) is 60.5 Å². The number of rotatable bonds is 3. The van der Waals surface area contributed by atoms with Crippen molar-refractivity contribution in [2.45, 2.75) is 19.5 Å². The van der Waals surface area contributed by atoms with Crippen molar-refractivity contribution in [1.82, 2.24) is 20.4 Å². The third kappa shape index (κ3) is 4.13. The molecule has 0 unspecified atom stereocenters. The lowest BCUT2D eigenvalue weighted by Gasteiger charge is -2.34. The Kier molecular flexibility index (Phi) is 5.14. The minimum atomic E-state index is -0.757. The topological polar surface area (TPSA) is 64.7 Å². The number of imide groups is 1. The van der Waals surface area contributed by atoms with Crippen molar-refractivity contribution in [3.05, 3.63) is 35.4 Å². The van der Waals surface area contributed by atoms with Crippen molar-refractivity contribution in [3.63, 3.8) is 0 Å². The zero-order valence-corrected chi connectivity index (χ0v) is 13.8. The first-order valence-electron chi connectivity index (χ1n) is 8.30. The highest BCUT2D eigenvalue weighted by molar-refractivity contribution is 6.05. The van der Waals surface area contributed by atoms with E-state index in [0.717, 1.165) is 44.8 Å². The van der Waals surface area contributed by atoms with Gasteiger partial charge in [0.05, 0.1) is 0 Å². The zero-order valence-electron chi connectivity index (χ0n) is 13.8. The van der Waals surface area contributed by atoms with Crippen molar-refractivity contribution >= 4 is 11.9 Å². The molecular formula is C18H22N4O2. The first kappa shape index (κ1) is 16.5. The van der Waals surface area contributed by atoms with E-state index in [9.17, 15) is 9.59 Å². The monoisotopic (exact) mass is 326 g/mol. The minimum Gasteiger partial charge on any atom is -0.316 e. The van der Waals surface area contributed by atoms with E-state index in [1.807, 2.05) is 12.1 Å². The lowest BCUT2D eigenvalue weighted by molar-refractivity contribution is -0.119. The Bertz CT molecular complexity index is 666. The molecule has 0 aliphatic carbocycles. The van der Waals surface area contributed by atoms with E-state index in [0.29, 0.717) is 0 Å². The van der Waals surface area contributed by atoms with E-state index in [1.54, 1.807) is 0 Å². The quantitative estimate of drug-likeness (QED) is 0.623. The van der Waals surface area contributed by atoms with Crippen molar-refractivity contribution in [2.75, 3.05) is 32.7 Å². The second-order valence-electron chi connectivity index (χ2n) is 6.07. The maximum Gasteiger partial charge on any atom is 0.322 e. The summed E-state index contributed by atoms with van der Waals surface area (Å²) < 4.78 is 0. The molecule has 1 aromatic rings. The SMILES string of the molecule is CCN1CCN(Cc2ccc(C#C[C@@H]3NC(=O)NC3=O)cc2)CC1. The van der Waals surface area contributed by atoms with Gasteiger partial charge in [0.1, 0.15) is 0 Å². The molecule has 0 bridgehead atoms. The second kappa shape index (κ2) is 7.47. The molecule has 2 N–H and O–H groups in total. The van der Waals surface area contributed by atoms with Crippen LogP contribution >= 0.6 is 0 Å². The summed E-state index contributed by atoms with van der Waals surface area (Å²) in [6.45, 7) is 8.76. The zero-order chi connectivity index (χ0) is 16.9. The Morgan fingerprint density at radius 3 is 2.33 bits per heavy atom. The standard InChI is InChI=1S/C18H22N4O2/c1-2-21-9-11-22(12-10-21)13-15-5-3-14(4-6-15)7-8-16-17(23)20-18(24)19-16/h3-6,16H,2,9-13H2,1H3,(H2,19,20,23,24)/t16-/m0/s1. The van der Waals surface area contributed by atoms with Crippen LogP contribution in [0.2, 0.25) is 0 Å². The van der Waals surface area contributed by atoms with Gasteiger partial charge in [0.2, 0.25) is 0 Å². The number of hydrogen-bond donors (Lipinski definition) is 2. The number of likely N-dealkylation sites (N-methyl/N-ethyl adjacent to an activating group) is 1. The number of urea groups is 1. The maximum absolute atomic E-state index is 11.4. The molecule has 3 rings (SSSR count). The number of nitrogens with one attached hydrogen (secondary N) is 2. The molecule has 3 amide bonds. The average Bonchev–Trinajstić information content (AvgIpc) is 2.92. The number of benzene rings is 1. The first-order chi connectivity index (χ1) is 11.6. The number of hydrogen-bond acceptors (Lipinski definition) is 4. The molecule has 2 fully saturated rings. The van der Waals surface area contributed by atoms with Gasteiger partial charge in [-0.25, -0.2) is 4.79 Å². The minimum absolute atomic E-state index is 0.393. The van der Waals surface area contributed by atoms with Crippen LogP contribution in [-0.2, 0) is 11.3 Å². The van der Waals surface area contributed by atoms with Crippen LogP contribution in [0, 0.1) is 11.8 Å². The molecule has 6 heteroatoms. The summed E-state index contributed by atoms with van der Waals surface area (Å²) in [7, 11) is 0. The predicted octanol–water partition coefficient (Wildman–Crippen LogP) is 0.384. The summed E-state index contributed by atoms with van der Waals surface area (Å²) in [5.74, 6) is 5.32. The number of amides is 3. The molecule has 0 spiro atoms. The van der Waals surface area contributed by atoms with Gasteiger partial charge >= 0.3 is 6.03 Å². The van der Waals surface area contributed by atoms with Crippen LogP contribution in [0.25, 0.3) is 0 Å². The molecule has 2 aliphatic rings. The van der Waals surface area contributed by atoms with Crippen LogP contribution in [0.5, 0.6) is 0 Å². The normalized spacial score (nSPS) is 21.8. The Labute approximate surface area is 142 Å². The molecule has 2 aliphatic heterocycles. The molecule has 126 valence electrons. The lowest BCUT2D eigenvalue weighted by Crippen LogP contribution is -2.45. The van der Waals surface area contributed by atoms with E-state index in [4.69, 9.17) is 0 Å². The number of piperazine rings is 1. The molecule has 2 heterocycles. The third-order valence-electron chi connectivity index (χ3n) is 4.41. The molecule has 0 saturated carbocycles. The van der Waals surface area contributed by atoms with E-state index in [-0.39, 0.29) is 0 Å². The molecule has 6 nitrogen and oxygen atoms in total. The smallest absolute Gasteiger partial charge is 0.316 e. The van der Waals surface area contributed by atoms with E-state index in [1.165, 1.54) is 5.56 Å². The van der Waals surface area contributed by atoms with Gasteiger partial charge in [-0.3, -0.25) is 15.0 Å². The third-order valence-corrected chi connectivity index (χ3v) is 4.41. The molecule has 24 heavy (non-hydrogen) atoms. The maximum atomic E-state index is 11.4. The number of nitrogens with zero attached hydrogens (tertiary/aromatic N) is 2. The van der Waals surface area contributed by atoms with Crippen LogP contribution < -0.4 is 10.6 Å². The molecule has 1 atom stereocenters. The fourth-order valence-electron chi connectivity index (χ4n) is 2.89. The molecule has 1 aromatic carbocycles. The van der Waals surface area contributed by atoms with E-state index in [2.05, 4.69) is 51.3 Å². The highest BCUT2D eigenvalue weighted by Gasteiger charge is 2.27. The number of carbonyl (C=O) groups is 2. The predicted molar refractivity (Wildman–Crippen MR) is 91.2 cm³/mol. The van der Waals surface area contributed by atoms with Gasteiger partial charge in [-0.15, -0.1) is 0 Å². The van der Waals surface area contributed by atoms with Crippen LogP contribution in [0.3, 0.4) is 0 Å². The molecular weight excluding hydrogens is 304 g/mol. The average molecular weight is 326 g/mol. The summed E-state index contributed by atoms with van der Waals surface area (Å²) >= 11 is 0. The highest BCUT2D eigenvalue weighted by atomic mass is 16.2. The van der Waals surface area contributed by atoms with Crippen LogP contribution in [0.15, 0.2) is 24.3 Å². The van der Waals surface area contributed by atoms with Gasteiger partial charge in [-0.2, -0.15) is 0 Å². The Morgan fingerprint density at radius 1 is 1.08 bits per heavy atom. The summed E-state index contributed by atoms with van der Waals surface area (Å²) in [5.41, 5.74) is 2.10. The van der Waals surface area contributed by atoms with Crippen LogP contribution in [0.4, 0.5) is 4.79 Å². The molecule has 2 saturated heterocycles. The fraction of sp³-hybridized carbons (Fsp3) is 0.444. The van der Waals surface area contributed by atoms with Gasteiger partial charge in [-0.1, -0.05) is 30.9 Å². The van der Waals surface area contributed by atoms with Crippen molar-refractivity contribution in [1.29, 1.82) is 0 Å². The van der Waals surface area contributed by atoms with Crippen LogP contribution in [0.1, 0.15) is 18.1 Å². The van der Waals surface area contributed by atoms with Crippen molar-refractivity contribution < 1.29 is 9.59 Å². The van der Waals surface area contributed by atoms with Gasteiger partial charge in [0, 0.05) is 38.3 Å². The second-order valence-corrected chi connectivity index (χ2v) is 6.07. The van der Waals surface area contributed by atoms with Gasteiger partial charge < -0.3 is 10.2 Å². The van der Waals surface area contributed by atoms with E-state index >= 15 is 0 Å². The van der Waals surface area contributed by atoms with Gasteiger partial charge in [0.25, 0.3) is 5.91 Å². The van der Waals surface area contributed by atoms with Crippen molar-refractivity contribution in [3.8, 4) is 11.8 Å². The van der Waals surface area contributed by atoms with Gasteiger partial charge in [-0.05, 0) is 24.2 Å². The largest absolute Gasteiger partial charge is 0.322 e. The molecule has 0 aromatic heterocycles. The van der Waals surface area contributed by atoms with Crippen molar-refractivity contribution in [2.24, 2.45) is 0 Å². The Morgan fingerprint density at radius 2 is 1.75 bits per heavy atom. The lowest BCUT2D eigenvalue weighted by atomic mass is 10.1. The summed E-state index contributed by atoms with van der Waals surface area (Å²) in [5, 5.41) is 4.63. The summed E-state index contributed by atoms with van der Waals surface area (Å²) in [6.07, 6.45) is 0. The molecule has 0 radical (unpaired) electrons. The highest BCUT2D eigenvalue weighted by Crippen LogP contribution is 2.10. The Hall–Kier alpha value is -2.36. The fourth-order valence-corrected chi connectivity index (χ4v) is 2.89. The van der Waals surface area contributed by atoms with Gasteiger partial charge in [0.15, 0.2) is 6.04 Å². The van der Waals surface area contributed by atoms with E-state index < -0.39 is 18.0 Å².